The first kappa shape index (κ1) is 23.8. The van der Waals surface area contributed by atoms with E-state index in [-0.39, 0.29) is 12.3 Å². The van der Waals surface area contributed by atoms with Gasteiger partial charge in [0.05, 0.1) is 12.2 Å². The first-order chi connectivity index (χ1) is 12.1. The van der Waals surface area contributed by atoms with Gasteiger partial charge in [0.2, 0.25) is 0 Å². The van der Waals surface area contributed by atoms with Crippen molar-refractivity contribution in [3.63, 3.8) is 0 Å². The van der Waals surface area contributed by atoms with E-state index >= 15 is 0 Å². The molecule has 1 aliphatic carbocycles. The molecule has 3 nitrogen and oxygen atoms in total. The van der Waals surface area contributed by atoms with E-state index in [1.165, 1.54) is 25.7 Å². The van der Waals surface area contributed by atoms with Crippen LogP contribution < -0.4 is 0 Å². The number of nitrogens with zero attached hydrogens (tertiary/aromatic N) is 1. The molecular weight excluding hydrogens is 310 g/mol. The molecule has 1 N–H and O–H groups in total. The molecule has 0 aliphatic heterocycles. The second-order valence-electron chi connectivity index (χ2n) is 6.13. The molecular formula is C22H39NO2. The van der Waals surface area contributed by atoms with E-state index in [1.807, 2.05) is 62.4 Å². The zero-order valence-electron chi connectivity index (χ0n) is 16.9. The minimum atomic E-state index is -0.367. The van der Waals surface area contributed by atoms with Gasteiger partial charge >= 0.3 is 0 Å². The molecule has 25 heavy (non-hydrogen) atoms. The zero-order chi connectivity index (χ0) is 18.9. The van der Waals surface area contributed by atoms with E-state index in [0.29, 0.717) is 6.10 Å². The van der Waals surface area contributed by atoms with Crippen molar-refractivity contribution in [1.29, 1.82) is 0 Å². The van der Waals surface area contributed by atoms with E-state index in [1.54, 1.807) is 6.92 Å². The predicted molar refractivity (Wildman–Crippen MR) is 109 cm³/mol. The van der Waals surface area contributed by atoms with Crippen molar-refractivity contribution in [1.82, 2.24) is 4.90 Å². The van der Waals surface area contributed by atoms with Crippen LogP contribution in [-0.2, 0) is 4.74 Å². The van der Waals surface area contributed by atoms with Crippen LogP contribution in [0.25, 0.3) is 0 Å². The summed E-state index contributed by atoms with van der Waals surface area (Å²) in [4.78, 5) is 2.23. The smallest absolute Gasteiger partial charge is 0.114 e. The maximum atomic E-state index is 9.20. The standard InChI is InChI=1S/C14H27NO2.C6H6.C2H6/c1-4-15(3)14(11-7-8-12(2)16)17-13-9-5-6-10-13;1-2-4-6-5-3-1;1-2/h7-8,12-14,16H,4-6,9-11H2,1-3H3;1-6H;1-2H3/b8-7-;;. The summed E-state index contributed by atoms with van der Waals surface area (Å²) in [6.45, 7) is 8.90. The monoisotopic (exact) mass is 349 g/mol. The molecule has 0 heterocycles. The molecule has 1 aromatic carbocycles. The fourth-order valence-electron chi connectivity index (χ4n) is 2.57. The Hall–Kier alpha value is -1.16. The summed E-state index contributed by atoms with van der Waals surface area (Å²) >= 11 is 0. The van der Waals surface area contributed by atoms with E-state index in [4.69, 9.17) is 4.74 Å². The molecule has 0 amide bonds. The third kappa shape index (κ3) is 12.8. The molecule has 2 rings (SSSR count). The Bertz CT molecular complexity index is 373. The summed E-state index contributed by atoms with van der Waals surface area (Å²) in [5, 5.41) is 9.20. The van der Waals surface area contributed by atoms with Crippen molar-refractivity contribution in [3.8, 4) is 0 Å². The lowest BCUT2D eigenvalue weighted by atomic mass is 10.2. The Kier molecular flexibility index (Phi) is 15.6. The van der Waals surface area contributed by atoms with Gasteiger partial charge in [0.25, 0.3) is 0 Å². The number of aliphatic hydroxyl groups excluding tert-OH is 1. The van der Waals surface area contributed by atoms with Crippen LogP contribution in [-0.4, -0.2) is 42.0 Å². The molecule has 1 fully saturated rings. The summed E-state index contributed by atoms with van der Waals surface area (Å²) < 4.78 is 6.14. The van der Waals surface area contributed by atoms with Gasteiger partial charge in [-0.05, 0) is 33.4 Å². The quantitative estimate of drug-likeness (QED) is 0.538. The summed E-state index contributed by atoms with van der Waals surface area (Å²) in [6.07, 6.45) is 9.94. The lowest BCUT2D eigenvalue weighted by Gasteiger charge is -2.29. The van der Waals surface area contributed by atoms with Crippen molar-refractivity contribution in [3.05, 3.63) is 48.6 Å². The highest BCUT2D eigenvalue weighted by atomic mass is 16.5. The van der Waals surface area contributed by atoms with Crippen molar-refractivity contribution in [2.45, 2.75) is 78.2 Å². The van der Waals surface area contributed by atoms with Gasteiger partial charge in [-0.25, -0.2) is 0 Å². The number of aliphatic hydroxyl groups is 1. The lowest BCUT2D eigenvalue weighted by molar-refractivity contribution is -0.0840. The van der Waals surface area contributed by atoms with Crippen LogP contribution in [0.3, 0.4) is 0 Å². The van der Waals surface area contributed by atoms with Gasteiger partial charge in [0.15, 0.2) is 0 Å². The van der Waals surface area contributed by atoms with Crippen LogP contribution in [0.15, 0.2) is 48.6 Å². The molecule has 0 bridgehead atoms. The van der Waals surface area contributed by atoms with E-state index < -0.39 is 0 Å². The van der Waals surface area contributed by atoms with Gasteiger partial charge in [-0.1, -0.05) is 82.2 Å². The van der Waals surface area contributed by atoms with Crippen LogP contribution >= 0.6 is 0 Å². The number of ether oxygens (including phenoxy) is 1. The topological polar surface area (TPSA) is 32.7 Å². The Labute approximate surface area is 155 Å². The van der Waals surface area contributed by atoms with Crippen LogP contribution in [0.4, 0.5) is 0 Å². The SMILES string of the molecule is CC.CCN(C)C(C/C=C\C(C)O)OC1CCCC1.c1ccccc1. The van der Waals surface area contributed by atoms with Crippen LogP contribution in [0.5, 0.6) is 0 Å². The van der Waals surface area contributed by atoms with E-state index in [0.717, 1.165) is 13.0 Å². The molecule has 1 saturated carbocycles. The highest BCUT2D eigenvalue weighted by Gasteiger charge is 2.21. The highest BCUT2D eigenvalue weighted by Crippen LogP contribution is 2.23. The average Bonchev–Trinajstić information content (AvgIpc) is 3.17. The highest BCUT2D eigenvalue weighted by molar-refractivity contribution is 4.99. The largest absolute Gasteiger partial charge is 0.389 e. The molecule has 3 heteroatoms. The molecule has 1 aromatic rings. The van der Waals surface area contributed by atoms with Gasteiger partial charge in [-0.3, -0.25) is 4.90 Å². The average molecular weight is 350 g/mol. The third-order valence-electron chi connectivity index (χ3n) is 4.06. The number of rotatable bonds is 7. The van der Waals surface area contributed by atoms with Gasteiger partial charge < -0.3 is 9.84 Å². The Morgan fingerprint density at radius 3 is 1.96 bits per heavy atom. The van der Waals surface area contributed by atoms with Crippen molar-refractivity contribution in [2.75, 3.05) is 13.6 Å². The minimum absolute atomic E-state index is 0.151. The minimum Gasteiger partial charge on any atom is -0.389 e. The van der Waals surface area contributed by atoms with Crippen molar-refractivity contribution >= 4 is 0 Å². The van der Waals surface area contributed by atoms with Gasteiger partial charge in [-0.2, -0.15) is 0 Å². The predicted octanol–water partition coefficient (Wildman–Crippen LogP) is 5.26. The Morgan fingerprint density at radius 2 is 1.56 bits per heavy atom. The summed E-state index contributed by atoms with van der Waals surface area (Å²) in [6, 6.07) is 12.0. The first-order valence-electron chi connectivity index (χ1n) is 9.84. The maximum Gasteiger partial charge on any atom is 0.114 e. The Balaban J connectivity index is 0.000000596. The Morgan fingerprint density at radius 1 is 1.08 bits per heavy atom. The second-order valence-corrected chi connectivity index (χ2v) is 6.13. The van der Waals surface area contributed by atoms with Gasteiger partial charge in [0, 0.05) is 6.42 Å². The molecule has 1 aliphatic rings. The normalized spacial score (nSPS) is 16.8. The summed E-state index contributed by atoms with van der Waals surface area (Å²) in [5.41, 5.74) is 0. The lowest BCUT2D eigenvalue weighted by Crippen LogP contribution is -2.36. The van der Waals surface area contributed by atoms with Crippen molar-refractivity contribution in [2.24, 2.45) is 0 Å². The number of hydrogen-bond donors (Lipinski definition) is 1. The van der Waals surface area contributed by atoms with E-state index in [2.05, 4.69) is 18.9 Å². The molecule has 0 radical (unpaired) electrons. The van der Waals surface area contributed by atoms with Gasteiger partial charge in [-0.15, -0.1) is 0 Å². The molecule has 0 spiro atoms. The zero-order valence-corrected chi connectivity index (χ0v) is 16.9. The van der Waals surface area contributed by atoms with Gasteiger partial charge in [0.1, 0.15) is 6.23 Å². The maximum absolute atomic E-state index is 9.20. The second kappa shape index (κ2) is 16.3. The fourth-order valence-corrected chi connectivity index (χ4v) is 2.57. The molecule has 0 aromatic heterocycles. The van der Waals surface area contributed by atoms with Crippen LogP contribution in [0.2, 0.25) is 0 Å². The summed E-state index contributed by atoms with van der Waals surface area (Å²) in [5.74, 6) is 0. The summed E-state index contributed by atoms with van der Waals surface area (Å²) in [7, 11) is 2.09. The number of benzene rings is 1. The van der Waals surface area contributed by atoms with Crippen LogP contribution in [0.1, 0.15) is 59.8 Å². The molecule has 2 atom stereocenters. The molecule has 144 valence electrons. The number of hydrogen-bond acceptors (Lipinski definition) is 3. The van der Waals surface area contributed by atoms with E-state index in [9.17, 15) is 5.11 Å². The van der Waals surface area contributed by atoms with Crippen LogP contribution in [0, 0.1) is 0 Å². The fraction of sp³-hybridized carbons (Fsp3) is 0.636. The first-order valence-corrected chi connectivity index (χ1v) is 9.84. The third-order valence-corrected chi connectivity index (χ3v) is 4.06. The molecule has 0 saturated heterocycles. The van der Waals surface area contributed by atoms with Crippen molar-refractivity contribution < 1.29 is 9.84 Å². The molecule has 2 unspecified atom stereocenters.